The standard InChI is InChI=1S/C8H15NO8S/c1-3(10)9-5-7(12)6(11)4(17-8(5)13)2-18(14,15)16/h4-8,11-13H,2H2,1H3,(H,9,10)(H,14,15,16)/t4-,5-,6-,7-,8-/m1/s1. The summed E-state index contributed by atoms with van der Waals surface area (Å²) in [6, 6.07) is -1.28. The van der Waals surface area contributed by atoms with Gasteiger partial charge >= 0.3 is 0 Å². The van der Waals surface area contributed by atoms with E-state index in [4.69, 9.17) is 9.29 Å². The molecule has 10 heteroatoms. The van der Waals surface area contributed by atoms with Crippen molar-refractivity contribution in [3.8, 4) is 0 Å². The molecule has 5 atom stereocenters. The van der Waals surface area contributed by atoms with E-state index < -0.39 is 52.4 Å². The second-order valence-corrected chi connectivity index (χ2v) is 5.52. The fourth-order valence-corrected chi connectivity index (χ4v) is 2.37. The molecule has 1 amide bonds. The van der Waals surface area contributed by atoms with Crippen molar-refractivity contribution in [2.75, 3.05) is 5.75 Å². The van der Waals surface area contributed by atoms with Gasteiger partial charge in [-0.25, -0.2) is 0 Å². The molecular weight excluding hydrogens is 270 g/mol. The van der Waals surface area contributed by atoms with Crippen LogP contribution in [0.2, 0.25) is 0 Å². The average Bonchev–Trinajstić information content (AvgIpc) is 2.18. The zero-order valence-electron chi connectivity index (χ0n) is 9.42. The summed E-state index contributed by atoms with van der Waals surface area (Å²) in [5.41, 5.74) is 0. The first kappa shape index (κ1) is 15.3. The highest BCUT2D eigenvalue weighted by molar-refractivity contribution is 7.85. The summed E-state index contributed by atoms with van der Waals surface area (Å²) in [4.78, 5) is 10.8. The lowest BCUT2D eigenvalue weighted by atomic mass is 9.97. The number of amides is 1. The molecule has 0 radical (unpaired) electrons. The third kappa shape index (κ3) is 3.86. The van der Waals surface area contributed by atoms with Crippen molar-refractivity contribution in [3.05, 3.63) is 0 Å². The van der Waals surface area contributed by atoms with Crippen LogP contribution in [0.25, 0.3) is 0 Å². The van der Waals surface area contributed by atoms with Crippen molar-refractivity contribution in [3.63, 3.8) is 0 Å². The van der Waals surface area contributed by atoms with E-state index in [2.05, 4.69) is 5.32 Å². The number of carbonyl (C=O) groups is 1. The van der Waals surface area contributed by atoms with Gasteiger partial charge < -0.3 is 25.4 Å². The van der Waals surface area contributed by atoms with Gasteiger partial charge in [-0.3, -0.25) is 9.35 Å². The number of aliphatic hydroxyl groups is 3. The maximum Gasteiger partial charge on any atom is 0.267 e. The smallest absolute Gasteiger partial charge is 0.267 e. The van der Waals surface area contributed by atoms with Crippen LogP contribution in [0.4, 0.5) is 0 Å². The van der Waals surface area contributed by atoms with Crippen molar-refractivity contribution in [2.45, 2.75) is 37.6 Å². The molecule has 0 aromatic heterocycles. The molecule has 0 saturated carbocycles. The molecule has 5 N–H and O–H groups in total. The maximum absolute atomic E-state index is 10.8. The van der Waals surface area contributed by atoms with E-state index in [9.17, 15) is 28.5 Å². The summed E-state index contributed by atoms with van der Waals surface area (Å²) in [5, 5.41) is 30.9. The molecule has 1 fully saturated rings. The van der Waals surface area contributed by atoms with Crippen molar-refractivity contribution in [2.24, 2.45) is 0 Å². The van der Waals surface area contributed by atoms with Crippen LogP contribution in [0.5, 0.6) is 0 Å². The Kier molecular flexibility index (Phi) is 4.64. The monoisotopic (exact) mass is 285 g/mol. The lowest BCUT2D eigenvalue weighted by Gasteiger charge is -2.40. The zero-order chi connectivity index (χ0) is 14.1. The van der Waals surface area contributed by atoms with Crippen LogP contribution in [0.1, 0.15) is 6.92 Å². The largest absolute Gasteiger partial charge is 0.388 e. The van der Waals surface area contributed by atoms with E-state index in [-0.39, 0.29) is 0 Å². The Labute approximate surface area is 103 Å². The molecule has 1 rings (SSSR count). The predicted octanol–water partition coefficient (Wildman–Crippen LogP) is -3.18. The van der Waals surface area contributed by atoms with Crippen molar-refractivity contribution in [1.29, 1.82) is 0 Å². The van der Waals surface area contributed by atoms with E-state index >= 15 is 0 Å². The van der Waals surface area contributed by atoms with Crippen molar-refractivity contribution < 1.29 is 37.8 Å². The summed E-state index contributed by atoms with van der Waals surface area (Å²) in [6.45, 7) is 1.14. The number of aliphatic hydroxyl groups excluding tert-OH is 3. The van der Waals surface area contributed by atoms with Gasteiger partial charge in [0.15, 0.2) is 6.29 Å². The van der Waals surface area contributed by atoms with Gasteiger partial charge in [-0.15, -0.1) is 0 Å². The molecule has 0 unspecified atom stereocenters. The number of nitrogens with one attached hydrogen (secondary N) is 1. The van der Waals surface area contributed by atoms with Crippen molar-refractivity contribution in [1.82, 2.24) is 5.32 Å². The van der Waals surface area contributed by atoms with Gasteiger partial charge in [0, 0.05) is 6.92 Å². The van der Waals surface area contributed by atoms with Gasteiger partial charge in [-0.2, -0.15) is 8.42 Å². The molecule has 0 aliphatic carbocycles. The highest BCUT2D eigenvalue weighted by atomic mass is 32.2. The van der Waals surface area contributed by atoms with Crippen LogP contribution < -0.4 is 5.32 Å². The summed E-state index contributed by atoms with van der Waals surface area (Å²) >= 11 is 0. The Bertz CT molecular complexity index is 409. The van der Waals surface area contributed by atoms with E-state index in [0.29, 0.717) is 0 Å². The SMILES string of the molecule is CC(=O)N[C@@H]1[C@@H](O)[C@H](O)[C@@H](CS(=O)(=O)O)O[C@H]1O. The molecule has 0 spiro atoms. The second-order valence-electron chi connectivity index (χ2n) is 4.02. The predicted molar refractivity (Wildman–Crippen MR) is 56.9 cm³/mol. The fraction of sp³-hybridized carbons (Fsp3) is 0.875. The Hall–Kier alpha value is -0.780. The highest BCUT2D eigenvalue weighted by Crippen LogP contribution is 2.21. The summed E-state index contributed by atoms with van der Waals surface area (Å²) in [5.74, 6) is -1.54. The molecule has 1 aliphatic heterocycles. The highest BCUT2D eigenvalue weighted by Gasteiger charge is 2.45. The van der Waals surface area contributed by atoms with Gasteiger partial charge in [0.25, 0.3) is 10.1 Å². The van der Waals surface area contributed by atoms with Crippen molar-refractivity contribution >= 4 is 16.0 Å². The Morgan fingerprint density at radius 1 is 1.28 bits per heavy atom. The van der Waals surface area contributed by atoms with Crippen LogP contribution >= 0.6 is 0 Å². The van der Waals surface area contributed by atoms with E-state index in [0.717, 1.165) is 6.92 Å². The molecular formula is C8H15NO8S. The number of hydrogen-bond donors (Lipinski definition) is 5. The molecule has 0 aromatic carbocycles. The van der Waals surface area contributed by atoms with Crippen LogP contribution in [0, 0.1) is 0 Å². The van der Waals surface area contributed by atoms with E-state index in [1.165, 1.54) is 0 Å². The first-order valence-corrected chi connectivity index (χ1v) is 6.64. The molecule has 18 heavy (non-hydrogen) atoms. The number of rotatable bonds is 3. The van der Waals surface area contributed by atoms with Crippen LogP contribution in [0.3, 0.4) is 0 Å². The van der Waals surface area contributed by atoms with Gasteiger partial charge in [0.2, 0.25) is 5.91 Å². The zero-order valence-corrected chi connectivity index (χ0v) is 10.2. The number of hydrogen-bond acceptors (Lipinski definition) is 7. The fourth-order valence-electron chi connectivity index (χ4n) is 1.68. The molecule has 1 saturated heterocycles. The second kappa shape index (κ2) is 5.47. The lowest BCUT2D eigenvalue weighted by molar-refractivity contribution is -0.241. The Morgan fingerprint density at radius 2 is 1.83 bits per heavy atom. The topological polar surface area (TPSA) is 153 Å². The third-order valence-corrected chi connectivity index (χ3v) is 3.21. The first-order chi connectivity index (χ1) is 8.11. The van der Waals surface area contributed by atoms with Crippen LogP contribution in [-0.4, -0.2) is 70.6 Å². The lowest BCUT2D eigenvalue weighted by Crippen LogP contribution is -2.64. The molecule has 106 valence electrons. The summed E-state index contributed by atoms with van der Waals surface area (Å²) in [7, 11) is -4.44. The first-order valence-electron chi connectivity index (χ1n) is 5.03. The van der Waals surface area contributed by atoms with Gasteiger partial charge in [0.05, 0.1) is 0 Å². The number of ether oxygens (including phenoxy) is 1. The summed E-state index contributed by atoms with van der Waals surface area (Å²) in [6.07, 6.45) is -6.48. The van der Waals surface area contributed by atoms with E-state index in [1.54, 1.807) is 0 Å². The Balaban J connectivity index is 2.79. The van der Waals surface area contributed by atoms with Crippen LogP contribution in [0.15, 0.2) is 0 Å². The van der Waals surface area contributed by atoms with Crippen LogP contribution in [-0.2, 0) is 19.6 Å². The minimum atomic E-state index is -4.44. The molecule has 1 aliphatic rings. The average molecular weight is 285 g/mol. The number of carbonyl (C=O) groups excluding carboxylic acids is 1. The van der Waals surface area contributed by atoms with Gasteiger partial charge in [0.1, 0.15) is 30.1 Å². The maximum atomic E-state index is 10.8. The molecule has 0 bridgehead atoms. The molecule has 1 heterocycles. The van der Waals surface area contributed by atoms with Gasteiger partial charge in [-0.05, 0) is 0 Å². The minimum Gasteiger partial charge on any atom is -0.388 e. The Morgan fingerprint density at radius 3 is 2.28 bits per heavy atom. The quantitative estimate of drug-likeness (QED) is 0.340. The normalized spacial score (nSPS) is 37.3. The molecule has 0 aromatic rings. The summed E-state index contributed by atoms with van der Waals surface area (Å²) < 4.78 is 34.7. The molecule has 9 nitrogen and oxygen atoms in total. The third-order valence-electron chi connectivity index (χ3n) is 2.47. The van der Waals surface area contributed by atoms with E-state index in [1.807, 2.05) is 0 Å². The van der Waals surface area contributed by atoms with Gasteiger partial charge in [-0.1, -0.05) is 0 Å². The minimum absolute atomic E-state index is 0.567.